The zero-order valence-electron chi connectivity index (χ0n) is 12.1. The van der Waals surface area contributed by atoms with E-state index in [9.17, 15) is 14.9 Å². The number of rotatable bonds is 6. The summed E-state index contributed by atoms with van der Waals surface area (Å²) in [6.07, 6.45) is 1.26. The van der Waals surface area contributed by atoms with Crippen LogP contribution in [0.15, 0.2) is 47.6 Å². The Balaban J connectivity index is 1.88. The minimum atomic E-state index is -0.600. The number of hydrogen-bond donors (Lipinski definition) is 1. The second-order valence-corrected chi connectivity index (χ2v) is 5.35. The van der Waals surface area contributed by atoms with Crippen LogP contribution < -0.4 is 10.2 Å². The molecule has 0 aliphatic carbocycles. The maximum atomic E-state index is 11.6. The van der Waals surface area contributed by atoms with Gasteiger partial charge in [0.25, 0.3) is 11.6 Å². The zero-order valence-corrected chi connectivity index (χ0v) is 13.6. The van der Waals surface area contributed by atoms with Crippen molar-refractivity contribution in [1.29, 1.82) is 0 Å². The van der Waals surface area contributed by atoms with E-state index in [-0.39, 0.29) is 17.3 Å². The third-order valence-electron chi connectivity index (χ3n) is 2.74. The van der Waals surface area contributed by atoms with Crippen molar-refractivity contribution in [2.75, 3.05) is 6.61 Å². The molecule has 2 aromatic rings. The Labute approximate surface area is 147 Å². The van der Waals surface area contributed by atoms with Crippen molar-refractivity contribution in [1.82, 2.24) is 5.43 Å². The quantitative estimate of drug-likeness (QED) is 0.480. The van der Waals surface area contributed by atoms with E-state index in [4.69, 9.17) is 27.9 Å². The van der Waals surface area contributed by atoms with Gasteiger partial charge in [-0.05, 0) is 24.3 Å². The van der Waals surface area contributed by atoms with Crippen molar-refractivity contribution in [3.05, 3.63) is 68.2 Å². The fourth-order valence-electron chi connectivity index (χ4n) is 1.67. The Morgan fingerprint density at radius 3 is 2.79 bits per heavy atom. The molecule has 0 spiro atoms. The molecule has 0 fully saturated rings. The second-order valence-electron chi connectivity index (χ2n) is 4.51. The number of amides is 1. The number of halogens is 2. The van der Waals surface area contributed by atoms with Crippen LogP contribution in [0, 0.1) is 10.1 Å². The number of nitro groups is 1. The van der Waals surface area contributed by atoms with E-state index in [1.54, 1.807) is 24.3 Å². The predicted octanol–water partition coefficient (Wildman–Crippen LogP) is 3.43. The molecule has 7 nitrogen and oxygen atoms in total. The molecule has 124 valence electrons. The monoisotopic (exact) mass is 367 g/mol. The van der Waals surface area contributed by atoms with Gasteiger partial charge < -0.3 is 4.74 Å². The van der Waals surface area contributed by atoms with Crippen molar-refractivity contribution in [3.8, 4) is 5.75 Å². The van der Waals surface area contributed by atoms with Gasteiger partial charge in [0.2, 0.25) is 0 Å². The average Bonchev–Trinajstić information content (AvgIpc) is 2.54. The molecule has 24 heavy (non-hydrogen) atoms. The van der Waals surface area contributed by atoms with Gasteiger partial charge in [0.15, 0.2) is 6.61 Å². The van der Waals surface area contributed by atoms with Crippen LogP contribution in [0.3, 0.4) is 0 Å². The molecule has 0 saturated heterocycles. The summed E-state index contributed by atoms with van der Waals surface area (Å²) in [5.41, 5.74) is 2.43. The number of carbonyl (C=O) groups excluding carboxylic acids is 1. The lowest BCUT2D eigenvalue weighted by atomic mass is 10.2. The first-order valence-electron chi connectivity index (χ1n) is 6.60. The third kappa shape index (κ3) is 5.22. The Hall–Kier alpha value is -2.64. The molecule has 2 rings (SSSR count). The van der Waals surface area contributed by atoms with E-state index >= 15 is 0 Å². The first-order chi connectivity index (χ1) is 11.5. The van der Waals surface area contributed by atoms with Gasteiger partial charge in [-0.3, -0.25) is 14.9 Å². The molecule has 0 aliphatic heterocycles. The topological polar surface area (TPSA) is 93.8 Å². The number of hydrogen-bond acceptors (Lipinski definition) is 5. The molecule has 0 aromatic heterocycles. The molecule has 0 radical (unpaired) electrons. The highest BCUT2D eigenvalue weighted by Crippen LogP contribution is 2.24. The molecule has 0 bridgehead atoms. The fourth-order valence-corrected chi connectivity index (χ4v) is 2.03. The van der Waals surface area contributed by atoms with E-state index < -0.39 is 10.8 Å². The molecule has 0 unspecified atom stereocenters. The number of nitrogens with zero attached hydrogens (tertiary/aromatic N) is 2. The lowest BCUT2D eigenvalue weighted by molar-refractivity contribution is -0.384. The molecular weight excluding hydrogens is 357 g/mol. The van der Waals surface area contributed by atoms with Gasteiger partial charge in [-0.25, -0.2) is 5.43 Å². The van der Waals surface area contributed by atoms with E-state index in [0.717, 1.165) is 0 Å². The summed E-state index contributed by atoms with van der Waals surface area (Å²) in [6, 6.07) is 10.8. The number of hydrazone groups is 1. The van der Waals surface area contributed by atoms with Gasteiger partial charge in [0, 0.05) is 16.7 Å². The number of ether oxygens (including phenoxy) is 1. The molecule has 2 aromatic carbocycles. The molecule has 1 N–H and O–H groups in total. The second kappa shape index (κ2) is 8.28. The number of nitrogens with one attached hydrogen (secondary N) is 1. The van der Waals surface area contributed by atoms with Crippen LogP contribution in [0.4, 0.5) is 5.69 Å². The van der Waals surface area contributed by atoms with Gasteiger partial charge in [-0.15, -0.1) is 0 Å². The van der Waals surface area contributed by atoms with Gasteiger partial charge in [-0.2, -0.15) is 5.10 Å². The molecule has 0 atom stereocenters. The number of carbonyl (C=O) groups is 1. The van der Waals surface area contributed by atoms with Crippen LogP contribution in [0.2, 0.25) is 10.0 Å². The lowest BCUT2D eigenvalue weighted by Crippen LogP contribution is -2.24. The summed E-state index contributed by atoms with van der Waals surface area (Å²) in [6.45, 7) is -0.252. The van der Waals surface area contributed by atoms with Gasteiger partial charge in [0.05, 0.1) is 11.1 Å². The third-order valence-corrected chi connectivity index (χ3v) is 3.29. The largest absolute Gasteiger partial charge is 0.484 e. The molecular formula is C15H11Cl2N3O4. The van der Waals surface area contributed by atoms with E-state index in [1.165, 1.54) is 24.4 Å². The smallest absolute Gasteiger partial charge is 0.288 e. The van der Waals surface area contributed by atoms with Crippen LogP contribution in [0.25, 0.3) is 0 Å². The van der Waals surface area contributed by atoms with Crippen molar-refractivity contribution in [2.45, 2.75) is 0 Å². The minimum absolute atomic E-state index is 0.0242. The standard InChI is InChI=1S/C15H11Cl2N3O4/c16-11-2-1-3-12(7-11)24-9-15(21)19-18-8-10-4-5-13(17)14(6-10)20(22)23/h1-8H,9H2,(H,19,21)/b18-8+. The summed E-state index contributed by atoms with van der Waals surface area (Å²) >= 11 is 11.5. The van der Waals surface area contributed by atoms with Crippen LogP contribution in [0.5, 0.6) is 5.75 Å². The summed E-state index contributed by atoms with van der Waals surface area (Å²) in [4.78, 5) is 21.8. The van der Waals surface area contributed by atoms with Crippen LogP contribution in [-0.4, -0.2) is 23.7 Å². The highest BCUT2D eigenvalue weighted by molar-refractivity contribution is 6.32. The summed E-state index contributed by atoms with van der Waals surface area (Å²) in [5, 5.41) is 15.0. The van der Waals surface area contributed by atoms with Crippen LogP contribution in [-0.2, 0) is 4.79 Å². The van der Waals surface area contributed by atoms with Gasteiger partial charge in [-0.1, -0.05) is 35.3 Å². The SMILES string of the molecule is O=C(COc1cccc(Cl)c1)N/N=C/c1ccc(Cl)c([N+](=O)[O-])c1. The lowest BCUT2D eigenvalue weighted by Gasteiger charge is -2.04. The molecule has 0 saturated carbocycles. The Kier molecular flexibility index (Phi) is 6.11. The van der Waals surface area contributed by atoms with Crippen LogP contribution >= 0.6 is 23.2 Å². The highest BCUT2D eigenvalue weighted by atomic mass is 35.5. The first-order valence-corrected chi connectivity index (χ1v) is 7.35. The molecule has 0 aliphatic rings. The number of benzene rings is 2. The van der Waals surface area contributed by atoms with Crippen molar-refractivity contribution < 1.29 is 14.5 Å². The van der Waals surface area contributed by atoms with Gasteiger partial charge in [0.1, 0.15) is 10.8 Å². The average molecular weight is 368 g/mol. The summed E-state index contributed by atoms with van der Waals surface area (Å²) in [7, 11) is 0. The molecule has 1 amide bonds. The Morgan fingerprint density at radius 2 is 2.08 bits per heavy atom. The van der Waals surface area contributed by atoms with Crippen molar-refractivity contribution in [2.24, 2.45) is 5.10 Å². The maximum Gasteiger partial charge on any atom is 0.288 e. The van der Waals surface area contributed by atoms with Crippen LogP contribution in [0.1, 0.15) is 5.56 Å². The maximum absolute atomic E-state index is 11.6. The summed E-state index contributed by atoms with van der Waals surface area (Å²) in [5.74, 6) is -0.0374. The van der Waals surface area contributed by atoms with Gasteiger partial charge >= 0.3 is 0 Å². The van der Waals surface area contributed by atoms with Crippen molar-refractivity contribution in [3.63, 3.8) is 0 Å². The molecule has 9 heteroatoms. The normalized spacial score (nSPS) is 10.6. The van der Waals surface area contributed by atoms with E-state index in [1.807, 2.05) is 0 Å². The van der Waals surface area contributed by atoms with Crippen molar-refractivity contribution >= 4 is 41.0 Å². The Bertz CT molecular complexity index is 796. The van der Waals surface area contributed by atoms with E-state index in [2.05, 4.69) is 10.5 Å². The predicted molar refractivity (Wildman–Crippen MR) is 90.8 cm³/mol. The zero-order chi connectivity index (χ0) is 17.5. The minimum Gasteiger partial charge on any atom is -0.484 e. The highest BCUT2D eigenvalue weighted by Gasteiger charge is 2.11. The molecule has 0 heterocycles. The Morgan fingerprint density at radius 1 is 1.29 bits per heavy atom. The fraction of sp³-hybridized carbons (Fsp3) is 0.0667. The summed E-state index contributed by atoms with van der Waals surface area (Å²) < 4.78 is 5.24. The number of nitro benzene ring substituents is 1. The first kappa shape index (κ1) is 17.7. The van der Waals surface area contributed by atoms with E-state index in [0.29, 0.717) is 16.3 Å².